The molecule has 3 N–H and O–H groups in total. The van der Waals surface area contributed by atoms with Crippen LogP contribution in [0.4, 0.5) is 5.69 Å². The number of rotatable bonds is 7. The Labute approximate surface area is 147 Å². The summed E-state index contributed by atoms with van der Waals surface area (Å²) in [5.74, 6) is 0.194. The lowest BCUT2D eigenvalue weighted by atomic mass is 10.2. The second-order valence-corrected chi connectivity index (χ2v) is 5.63. The first-order chi connectivity index (χ1) is 12.0. The Balaban J connectivity index is 1.90. The van der Waals surface area contributed by atoms with E-state index in [9.17, 15) is 9.90 Å². The minimum Gasteiger partial charge on any atom is -0.504 e. The highest BCUT2D eigenvalue weighted by molar-refractivity contribution is 5.86. The number of phenols is 1. The van der Waals surface area contributed by atoms with Gasteiger partial charge in [0.1, 0.15) is 6.04 Å². The highest BCUT2D eigenvalue weighted by Crippen LogP contribution is 2.26. The number of aryl methyl sites for hydroxylation is 1. The first-order valence-corrected chi connectivity index (χ1v) is 8.11. The van der Waals surface area contributed by atoms with Gasteiger partial charge in [-0.3, -0.25) is 4.79 Å². The SMILES string of the molecule is CCOc1ccc(/C=N/NC(=O)C(C)Nc2cccc(C)c2)cc1O. The average molecular weight is 341 g/mol. The lowest BCUT2D eigenvalue weighted by molar-refractivity contribution is -0.121. The Morgan fingerprint density at radius 3 is 2.80 bits per heavy atom. The first-order valence-electron chi connectivity index (χ1n) is 8.11. The highest BCUT2D eigenvalue weighted by Gasteiger charge is 2.11. The van der Waals surface area contributed by atoms with Crippen LogP contribution in [0.15, 0.2) is 47.6 Å². The number of carbonyl (C=O) groups excluding carboxylic acids is 1. The molecule has 0 aliphatic rings. The summed E-state index contributed by atoms with van der Waals surface area (Å²) < 4.78 is 5.26. The van der Waals surface area contributed by atoms with Gasteiger partial charge >= 0.3 is 0 Å². The quantitative estimate of drug-likeness (QED) is 0.534. The van der Waals surface area contributed by atoms with Gasteiger partial charge in [0.15, 0.2) is 11.5 Å². The molecule has 0 heterocycles. The van der Waals surface area contributed by atoms with Gasteiger partial charge in [-0.2, -0.15) is 5.10 Å². The number of anilines is 1. The summed E-state index contributed by atoms with van der Waals surface area (Å²) in [6, 6.07) is 12.3. The molecule has 0 bridgehead atoms. The number of hydrogen-bond donors (Lipinski definition) is 3. The molecule has 6 nitrogen and oxygen atoms in total. The summed E-state index contributed by atoms with van der Waals surface area (Å²) in [5.41, 5.74) is 5.13. The third-order valence-corrected chi connectivity index (χ3v) is 3.47. The largest absolute Gasteiger partial charge is 0.504 e. The fraction of sp³-hybridized carbons (Fsp3) is 0.263. The van der Waals surface area contributed by atoms with Gasteiger partial charge in [0.25, 0.3) is 5.91 Å². The molecule has 1 atom stereocenters. The standard InChI is InChI=1S/C19H23N3O3/c1-4-25-18-9-8-15(11-17(18)23)12-20-22-19(24)14(3)21-16-7-5-6-13(2)10-16/h5-12,14,21,23H,4H2,1-3H3,(H,22,24)/b20-12+. The van der Waals surface area contributed by atoms with Gasteiger partial charge in [-0.05, 0) is 62.2 Å². The number of phenolic OH excluding ortho intramolecular Hbond substituents is 1. The lowest BCUT2D eigenvalue weighted by Gasteiger charge is -2.13. The van der Waals surface area contributed by atoms with Crippen LogP contribution in [-0.2, 0) is 4.79 Å². The molecule has 0 aliphatic carbocycles. The van der Waals surface area contributed by atoms with Crippen LogP contribution in [0.2, 0.25) is 0 Å². The van der Waals surface area contributed by atoms with Crippen molar-refractivity contribution in [1.29, 1.82) is 0 Å². The molecule has 1 unspecified atom stereocenters. The third-order valence-electron chi connectivity index (χ3n) is 3.47. The number of hydrogen-bond acceptors (Lipinski definition) is 5. The predicted molar refractivity (Wildman–Crippen MR) is 99.3 cm³/mol. The second kappa shape index (κ2) is 8.73. The Morgan fingerprint density at radius 2 is 2.12 bits per heavy atom. The number of carbonyl (C=O) groups is 1. The van der Waals surface area contributed by atoms with E-state index in [1.54, 1.807) is 19.1 Å². The highest BCUT2D eigenvalue weighted by atomic mass is 16.5. The van der Waals surface area contributed by atoms with Crippen LogP contribution in [0.3, 0.4) is 0 Å². The van der Waals surface area contributed by atoms with Gasteiger partial charge in [0.05, 0.1) is 12.8 Å². The van der Waals surface area contributed by atoms with Crippen molar-refractivity contribution in [2.24, 2.45) is 5.10 Å². The topological polar surface area (TPSA) is 83.0 Å². The van der Waals surface area contributed by atoms with E-state index in [0.29, 0.717) is 17.9 Å². The van der Waals surface area contributed by atoms with Crippen LogP contribution in [0.25, 0.3) is 0 Å². The zero-order valence-electron chi connectivity index (χ0n) is 14.6. The minimum absolute atomic E-state index is 0.0339. The number of aromatic hydroxyl groups is 1. The summed E-state index contributed by atoms with van der Waals surface area (Å²) in [6.45, 7) is 6.07. The van der Waals surface area contributed by atoms with Crippen molar-refractivity contribution in [2.45, 2.75) is 26.8 Å². The monoisotopic (exact) mass is 341 g/mol. The Morgan fingerprint density at radius 1 is 1.32 bits per heavy atom. The Hall–Kier alpha value is -3.02. The molecule has 2 rings (SSSR count). The van der Waals surface area contributed by atoms with Crippen molar-refractivity contribution in [2.75, 3.05) is 11.9 Å². The average Bonchev–Trinajstić information content (AvgIpc) is 2.57. The van der Waals surface area contributed by atoms with Crippen LogP contribution < -0.4 is 15.5 Å². The molecular weight excluding hydrogens is 318 g/mol. The second-order valence-electron chi connectivity index (χ2n) is 5.63. The number of ether oxygens (including phenoxy) is 1. The van der Waals surface area contributed by atoms with Crippen molar-refractivity contribution in [3.63, 3.8) is 0 Å². The maximum absolute atomic E-state index is 12.1. The summed E-state index contributed by atoms with van der Waals surface area (Å²) in [6.07, 6.45) is 1.47. The van der Waals surface area contributed by atoms with Crippen LogP contribution in [-0.4, -0.2) is 29.9 Å². The van der Waals surface area contributed by atoms with Crippen LogP contribution in [0.5, 0.6) is 11.5 Å². The molecule has 2 aromatic rings. The maximum atomic E-state index is 12.1. The van der Waals surface area contributed by atoms with Gasteiger partial charge in [-0.25, -0.2) is 5.43 Å². The smallest absolute Gasteiger partial charge is 0.262 e. The molecule has 6 heteroatoms. The van der Waals surface area contributed by atoms with Gasteiger partial charge < -0.3 is 15.2 Å². The van der Waals surface area contributed by atoms with Gasteiger partial charge in [-0.15, -0.1) is 0 Å². The van der Waals surface area contributed by atoms with Crippen molar-refractivity contribution < 1.29 is 14.6 Å². The van der Waals surface area contributed by atoms with Crippen molar-refractivity contribution in [3.05, 3.63) is 53.6 Å². The van der Waals surface area contributed by atoms with Crippen molar-refractivity contribution in [1.82, 2.24) is 5.43 Å². The number of hydrazone groups is 1. The predicted octanol–water partition coefficient (Wildman–Crippen LogP) is 3.05. The van der Waals surface area contributed by atoms with Crippen molar-refractivity contribution >= 4 is 17.8 Å². The normalized spacial score (nSPS) is 12.0. The molecule has 2 aromatic carbocycles. The number of amides is 1. The molecule has 0 saturated heterocycles. The lowest BCUT2D eigenvalue weighted by Crippen LogP contribution is -2.34. The van der Waals surface area contributed by atoms with Crippen molar-refractivity contribution in [3.8, 4) is 11.5 Å². The fourth-order valence-electron chi connectivity index (χ4n) is 2.21. The molecule has 0 aliphatic heterocycles. The zero-order chi connectivity index (χ0) is 18.2. The minimum atomic E-state index is -0.437. The Bertz CT molecular complexity index is 759. The molecule has 0 spiro atoms. The summed E-state index contributed by atoms with van der Waals surface area (Å²) in [4.78, 5) is 12.1. The molecule has 0 saturated carbocycles. The van der Waals surface area contributed by atoms with Crippen LogP contribution >= 0.6 is 0 Å². The first kappa shape index (κ1) is 18.3. The van der Waals surface area contributed by atoms with E-state index in [0.717, 1.165) is 11.3 Å². The van der Waals surface area contributed by atoms with E-state index in [4.69, 9.17) is 4.74 Å². The molecule has 1 amide bonds. The molecule has 132 valence electrons. The molecule has 0 radical (unpaired) electrons. The third kappa shape index (κ3) is 5.53. The maximum Gasteiger partial charge on any atom is 0.262 e. The molecular formula is C19H23N3O3. The van der Waals surface area contributed by atoms with Gasteiger partial charge in [0, 0.05) is 5.69 Å². The number of nitrogens with one attached hydrogen (secondary N) is 2. The van der Waals surface area contributed by atoms with Crippen LogP contribution in [0, 0.1) is 6.92 Å². The van der Waals surface area contributed by atoms with Crippen LogP contribution in [0.1, 0.15) is 25.0 Å². The van der Waals surface area contributed by atoms with Gasteiger partial charge in [-0.1, -0.05) is 12.1 Å². The molecule has 25 heavy (non-hydrogen) atoms. The van der Waals surface area contributed by atoms with E-state index < -0.39 is 6.04 Å². The Kier molecular flexibility index (Phi) is 6.39. The number of nitrogens with zero attached hydrogens (tertiary/aromatic N) is 1. The van der Waals surface area contributed by atoms with Gasteiger partial charge in [0.2, 0.25) is 0 Å². The van der Waals surface area contributed by atoms with E-state index in [-0.39, 0.29) is 11.7 Å². The van der Waals surface area contributed by atoms with E-state index in [1.165, 1.54) is 12.3 Å². The summed E-state index contributed by atoms with van der Waals surface area (Å²) in [7, 11) is 0. The van der Waals surface area contributed by atoms with E-state index in [2.05, 4.69) is 15.8 Å². The number of benzene rings is 2. The summed E-state index contributed by atoms with van der Waals surface area (Å²) >= 11 is 0. The zero-order valence-corrected chi connectivity index (χ0v) is 14.6. The van der Waals surface area contributed by atoms with E-state index in [1.807, 2.05) is 38.1 Å². The molecule has 0 aromatic heterocycles. The molecule has 0 fully saturated rings. The summed E-state index contributed by atoms with van der Waals surface area (Å²) in [5, 5.41) is 16.9. The van der Waals surface area contributed by atoms with E-state index >= 15 is 0 Å². The fourth-order valence-corrected chi connectivity index (χ4v) is 2.21.